The average molecular weight is 1280 g/mol. The van der Waals surface area contributed by atoms with Gasteiger partial charge in [-0.25, -0.2) is 0 Å². The first-order valence-corrected chi connectivity index (χ1v) is 28.2. The second-order valence-corrected chi connectivity index (χ2v) is 30.1. The molecule has 0 saturated carbocycles. The van der Waals surface area contributed by atoms with Crippen LogP contribution >= 0.6 is 34.4 Å². The van der Waals surface area contributed by atoms with Crippen molar-refractivity contribution in [3.05, 3.63) is 269 Å². The number of hydrogen-bond donors (Lipinski definition) is 2. The van der Waals surface area contributed by atoms with Gasteiger partial charge >= 0.3 is 379 Å². The number of amidine groups is 2. The average Bonchev–Trinajstić information content (AvgIpc) is 3.32. The Labute approximate surface area is 419 Å². The predicted octanol–water partition coefficient (Wildman–Crippen LogP) is 14.4. The third kappa shape index (κ3) is 13.0. The first-order valence-electron chi connectivity index (χ1n) is 20.1. The van der Waals surface area contributed by atoms with Gasteiger partial charge in [0.15, 0.2) is 0 Å². The molecule has 2 radical (unpaired) electrons. The molecule has 0 atom stereocenters. The molecule has 10 heteroatoms. The van der Waals surface area contributed by atoms with Crippen molar-refractivity contribution in [1.29, 1.82) is 0 Å². The molecule has 2 N–H and O–H groups in total. The number of para-hydroxylation sites is 4. The summed E-state index contributed by atoms with van der Waals surface area (Å²) in [6, 6.07) is 81.6. The zero-order valence-corrected chi connectivity index (χ0v) is 42.9. The fourth-order valence-electron chi connectivity index (χ4n) is 6.70. The van der Waals surface area contributed by atoms with Crippen LogP contribution in [0.2, 0.25) is 0 Å². The Bertz CT molecular complexity index is 2410. The molecule has 0 unspecified atom stereocenters. The summed E-state index contributed by atoms with van der Waals surface area (Å²) in [5, 5.41) is 13.1. The van der Waals surface area contributed by atoms with Gasteiger partial charge in [-0.1, -0.05) is 0 Å². The summed E-state index contributed by atoms with van der Waals surface area (Å²) in [5.41, 5.74) is 3.72. The molecule has 0 heterocycles. The Kier molecular flexibility index (Phi) is 18.4. The fraction of sp³-hybridized carbons (Fsp3) is 0. The van der Waals surface area contributed by atoms with Crippen LogP contribution in [0.1, 0.15) is 0 Å². The van der Waals surface area contributed by atoms with Crippen molar-refractivity contribution in [2.24, 2.45) is 9.98 Å². The van der Waals surface area contributed by atoms with E-state index < -0.39 is 11.6 Å². The van der Waals surface area contributed by atoms with E-state index in [2.05, 4.69) is 108 Å². The number of nitrogens with one attached hydrogen (secondary N) is 2. The minimum absolute atomic E-state index is 0. The van der Waals surface area contributed by atoms with Crippen LogP contribution in [-0.2, 0) is 44.8 Å². The summed E-state index contributed by atoms with van der Waals surface area (Å²) in [7, 11) is 0. The molecule has 0 aliphatic rings. The van der Waals surface area contributed by atoms with E-state index in [1.807, 2.05) is 146 Å². The van der Waals surface area contributed by atoms with Gasteiger partial charge in [0, 0.05) is 44.8 Å². The van der Waals surface area contributed by atoms with Crippen LogP contribution in [0.4, 0.5) is 22.7 Å². The van der Waals surface area contributed by atoms with Crippen molar-refractivity contribution in [1.82, 2.24) is 0 Å². The van der Waals surface area contributed by atoms with Gasteiger partial charge in [-0.2, -0.15) is 0 Å². The first-order chi connectivity index (χ1) is 30.1. The maximum absolute atomic E-state index is 4.96. The molecule has 0 fully saturated rings. The molecule has 8 rings (SSSR count). The molecule has 0 spiro atoms. The van der Waals surface area contributed by atoms with Crippen LogP contribution < -0.4 is 31.9 Å². The molecule has 0 saturated heterocycles. The van der Waals surface area contributed by atoms with E-state index in [1.165, 1.54) is 0 Å². The van der Waals surface area contributed by atoms with Gasteiger partial charge < -0.3 is 0 Å². The maximum atomic E-state index is 4.96. The number of nitrogens with zero attached hydrogens (tertiary/aromatic N) is 2. The van der Waals surface area contributed by atoms with E-state index in [-0.39, 0.29) is 44.8 Å². The molecular weight excluding hydrogens is 1220 g/mol. The van der Waals surface area contributed by atoms with Crippen LogP contribution in [0.3, 0.4) is 0 Å². The molecule has 4 nitrogen and oxygen atoms in total. The van der Waals surface area contributed by atoms with Crippen LogP contribution in [0.25, 0.3) is 0 Å². The molecule has 64 heavy (non-hydrogen) atoms. The summed E-state index contributed by atoms with van der Waals surface area (Å²) < 4.78 is 0. The van der Waals surface area contributed by atoms with E-state index in [4.69, 9.17) is 36.6 Å². The molecule has 8 aromatic rings. The zero-order chi connectivity index (χ0) is 43.2. The van der Waals surface area contributed by atoms with Crippen molar-refractivity contribution < 1.29 is 44.8 Å². The number of rotatable bonds is 10. The normalized spacial score (nSPS) is 12.8. The topological polar surface area (TPSA) is 48.8 Å². The van der Waals surface area contributed by atoms with Gasteiger partial charge in [-0.05, 0) is 0 Å². The number of anilines is 2. The van der Waals surface area contributed by atoms with Crippen molar-refractivity contribution in [3.8, 4) is 0 Å². The molecule has 334 valence electrons. The second kappa shape index (κ2) is 23.3. The van der Waals surface area contributed by atoms with Crippen molar-refractivity contribution in [2.45, 2.75) is 0 Å². The Balaban J connectivity index is 0.000000234. The van der Waals surface area contributed by atoms with Crippen molar-refractivity contribution >= 4 is 88.7 Å². The monoisotopic (exact) mass is 1270 g/mol. The van der Waals surface area contributed by atoms with E-state index >= 15 is 0 Å². The van der Waals surface area contributed by atoms with E-state index in [0.717, 1.165) is 54.3 Å². The number of benzene rings is 8. The first kappa shape index (κ1) is 50.7. The minimum atomic E-state index is -3.15. The van der Waals surface area contributed by atoms with Gasteiger partial charge in [0.25, 0.3) is 0 Å². The summed E-state index contributed by atoms with van der Waals surface area (Å²) >= 11 is 3.28. The van der Waals surface area contributed by atoms with E-state index in [0.29, 0.717) is 0 Å². The van der Waals surface area contributed by atoms with Gasteiger partial charge in [-0.3, -0.25) is 0 Å². The number of aliphatic imine (C=N–C) groups is 2. The quantitative estimate of drug-likeness (QED) is 0.0471. The van der Waals surface area contributed by atoms with E-state index in [9.17, 15) is 0 Å². The van der Waals surface area contributed by atoms with Crippen molar-refractivity contribution in [2.75, 3.05) is 10.6 Å². The molecule has 0 amide bonds. The molecule has 0 aliphatic heterocycles. The third-order valence-corrected chi connectivity index (χ3v) is 23.9. The molecule has 0 aromatic heterocycles. The predicted molar refractivity (Wildman–Crippen MR) is 282 cm³/mol. The van der Waals surface area contributed by atoms with Crippen LogP contribution in [0.15, 0.2) is 253 Å². The van der Waals surface area contributed by atoms with Crippen LogP contribution in [0.5, 0.6) is 0 Å². The van der Waals surface area contributed by atoms with E-state index in [1.54, 1.807) is 22.8 Å². The van der Waals surface area contributed by atoms with Crippen LogP contribution in [-0.4, -0.2) is 10.3 Å². The molecule has 0 aliphatic carbocycles. The summed E-state index contributed by atoms with van der Waals surface area (Å²) in [5.74, 6) is -6.31. The summed E-state index contributed by atoms with van der Waals surface area (Å²) in [4.78, 5) is 9.91. The van der Waals surface area contributed by atoms with Gasteiger partial charge in [0.1, 0.15) is 0 Å². The molecular formula is C54H50Au2N4P2S2-4. The summed E-state index contributed by atoms with van der Waals surface area (Å²) in [6.07, 6.45) is 0. The Morgan fingerprint density at radius 1 is 0.312 bits per heavy atom. The van der Waals surface area contributed by atoms with Gasteiger partial charge in [0.2, 0.25) is 0 Å². The van der Waals surface area contributed by atoms with Gasteiger partial charge in [0.05, 0.1) is 0 Å². The fourth-order valence-corrected chi connectivity index (χ4v) is 18.4. The second-order valence-electron chi connectivity index (χ2n) is 14.8. The SMILES string of the molecule is [Au].[Au].[CH2-]P([CH2-])(SC(=Nc1ccccc1)Nc1ccccc1)(c1ccccc1)c1ccccc1.[CH2-]P([CH2-])(SC(=Nc1ccccc1)Nc1ccccc1)(c1ccccc1)c1ccccc1. The Morgan fingerprint density at radius 2 is 0.516 bits per heavy atom. The number of hydrogen-bond acceptors (Lipinski definition) is 4. The van der Waals surface area contributed by atoms with Crippen molar-refractivity contribution in [3.63, 3.8) is 0 Å². The molecule has 0 bridgehead atoms. The molecule has 8 aromatic carbocycles. The standard InChI is InChI=1S/2C27H25N2PS.2Au/c2*1-30(2,25-19-11-5-12-20-25,26-21-13-6-14-22-26)31-27(28-23-15-7-3-8-16-23)29-24-17-9-4-10-18-24;;/h2*3-22H,1-2H2,(H,28,29);;/q2*-2;;. The van der Waals surface area contributed by atoms with Gasteiger partial charge in [-0.15, -0.1) is 0 Å². The Morgan fingerprint density at radius 3 is 0.750 bits per heavy atom. The Hall–Kier alpha value is -4.26. The zero-order valence-electron chi connectivity index (χ0n) is 35.1. The summed E-state index contributed by atoms with van der Waals surface area (Å²) in [6.45, 7) is 19.3. The third-order valence-electron chi connectivity index (χ3n) is 10.1. The van der Waals surface area contributed by atoms with Crippen LogP contribution in [0, 0.1) is 26.7 Å².